The number of rotatable bonds is 16. The van der Waals surface area contributed by atoms with Crippen molar-refractivity contribution >= 4 is 69.9 Å². The minimum Gasteiger partial charge on any atom is -0.361 e. The average molecular weight is 957 g/mol. The summed E-state index contributed by atoms with van der Waals surface area (Å²) in [6, 6.07) is 21.6. The Morgan fingerprint density at radius 2 is 1.06 bits per heavy atom. The van der Waals surface area contributed by atoms with E-state index >= 15 is 0 Å². The van der Waals surface area contributed by atoms with Crippen LogP contribution in [0.5, 0.6) is 0 Å². The van der Waals surface area contributed by atoms with Gasteiger partial charge in [0.25, 0.3) is 0 Å². The number of carbonyl (C=O) groups is 2. The monoisotopic (exact) mass is 954 g/mol. The van der Waals surface area contributed by atoms with Crippen LogP contribution in [0.15, 0.2) is 104 Å². The van der Waals surface area contributed by atoms with Crippen LogP contribution in [0, 0.1) is 17.6 Å². The second-order valence-corrected chi connectivity index (χ2v) is 15.0. The number of halogens is 11. The third-order valence-corrected chi connectivity index (χ3v) is 9.84. The zero-order valence-corrected chi connectivity index (χ0v) is 35.3. The Kier molecular flexibility index (Phi) is 16.9. The van der Waals surface area contributed by atoms with Crippen molar-refractivity contribution in [3.8, 4) is 0 Å². The van der Waals surface area contributed by atoms with Crippen molar-refractivity contribution in [3.63, 3.8) is 0 Å². The largest absolute Gasteiger partial charge is 0.361 e. The van der Waals surface area contributed by atoms with Gasteiger partial charge in [-0.1, -0.05) is 82.8 Å². The maximum Gasteiger partial charge on any atom is 0.306 e. The molecule has 0 unspecified atom stereocenters. The lowest BCUT2D eigenvalue weighted by atomic mass is 10.1. The van der Waals surface area contributed by atoms with Crippen LogP contribution in [0.1, 0.15) is 33.6 Å². The van der Waals surface area contributed by atoms with Gasteiger partial charge in [-0.05, 0) is 59.7 Å². The van der Waals surface area contributed by atoms with Crippen LogP contribution in [-0.2, 0) is 47.4 Å². The number of hydrogen-bond acceptors (Lipinski definition) is 8. The molecule has 63 heavy (non-hydrogen) atoms. The molecule has 0 aliphatic rings. The fourth-order valence-electron chi connectivity index (χ4n) is 5.49. The van der Waals surface area contributed by atoms with Gasteiger partial charge in [-0.25, -0.2) is 13.8 Å². The molecule has 0 fully saturated rings. The predicted octanol–water partition coefficient (Wildman–Crippen LogP) is 10.1. The van der Waals surface area contributed by atoms with Crippen LogP contribution < -0.4 is 21.3 Å². The van der Waals surface area contributed by atoms with E-state index in [1.54, 1.807) is 48.5 Å². The maximum atomic E-state index is 14.8. The first-order chi connectivity index (χ1) is 29.9. The van der Waals surface area contributed by atoms with Crippen molar-refractivity contribution in [3.05, 3.63) is 175 Å². The number of benzene rings is 2. The van der Waals surface area contributed by atoms with Gasteiger partial charge in [0.05, 0.1) is 31.0 Å². The average Bonchev–Trinajstić information content (AvgIpc) is 3.26. The molecule has 0 bridgehead atoms. The number of anilines is 2. The van der Waals surface area contributed by atoms with Gasteiger partial charge < -0.3 is 21.3 Å². The molecule has 330 valence electrons. The molecule has 10 nitrogen and oxygen atoms in total. The molecule has 0 spiro atoms. The van der Waals surface area contributed by atoms with E-state index in [-0.39, 0.29) is 30.1 Å². The summed E-state index contributed by atoms with van der Waals surface area (Å²) in [6.45, 7) is -1.76. The minimum absolute atomic E-state index is 0.0857. The van der Waals surface area contributed by atoms with E-state index < -0.39 is 94.4 Å². The quantitative estimate of drug-likeness (QED) is 0.0557. The topological polar surface area (TPSA) is 134 Å². The van der Waals surface area contributed by atoms with Crippen molar-refractivity contribution in [2.45, 2.75) is 37.8 Å². The van der Waals surface area contributed by atoms with Crippen molar-refractivity contribution in [1.82, 2.24) is 30.6 Å². The number of carbonyl (C=O) groups excluding carboxylic acids is 2. The van der Waals surface area contributed by atoms with E-state index in [1.165, 1.54) is 42.7 Å². The summed E-state index contributed by atoms with van der Waals surface area (Å²) in [6.07, 6.45) is 2.51. The zero-order valence-electron chi connectivity index (χ0n) is 32.3. The summed E-state index contributed by atoms with van der Waals surface area (Å²) in [5.74, 6) is -12.7. The summed E-state index contributed by atoms with van der Waals surface area (Å²) in [5, 5.41) is 9.72. The summed E-state index contributed by atoms with van der Waals surface area (Å²) in [5.41, 5.74) is -0.213. The Labute approximate surface area is 375 Å². The predicted molar refractivity (Wildman–Crippen MR) is 226 cm³/mol. The van der Waals surface area contributed by atoms with Gasteiger partial charge in [0.2, 0.25) is 17.8 Å². The fraction of sp³-hybridized carbons (Fsp3) is 0.190. The molecule has 6 aromatic rings. The lowest BCUT2D eigenvalue weighted by Crippen LogP contribution is -2.28. The zero-order chi connectivity index (χ0) is 45.7. The summed E-state index contributed by atoms with van der Waals surface area (Å²) >= 11 is 23.5. The Balaban J connectivity index is 0.000000238. The standard InChI is InChI=1S/C21H16Cl2F4N4O.C21H17Cl2F3N4O/c22-13-5-3-4-12(8-13)10-29-16(32)9-14-17(23)19(25)31-20(18(14)24)30-11-21(26,27)15-6-1-2-7-28-15;22-14-5-3-4-13(8-14)10-28-18(31)9-15-16(23)11-29-20(19(15)24)30-12-21(25,26)17-6-1-2-7-27-17/h1-8H,9-11H2,(H,29,32)(H,30,31);1-8,11H,9-10,12H2,(H,28,31)(H,29,30). The van der Waals surface area contributed by atoms with Crippen molar-refractivity contribution in [2.24, 2.45) is 0 Å². The SMILES string of the molecule is O=C(Cc1c(Cl)cnc(NCC(F)(F)c2ccccn2)c1F)NCc1cccc(Cl)c1.O=C(Cc1c(F)c(NCC(F)(F)c2ccccn2)nc(F)c1Cl)NCc1cccc(Cl)c1. The number of nitrogens with one attached hydrogen (secondary N) is 4. The minimum atomic E-state index is -3.49. The van der Waals surface area contributed by atoms with E-state index in [2.05, 4.69) is 41.2 Å². The van der Waals surface area contributed by atoms with Crippen LogP contribution in [0.25, 0.3) is 0 Å². The summed E-state index contributed by atoms with van der Waals surface area (Å²) in [7, 11) is 0. The first-order valence-corrected chi connectivity index (χ1v) is 19.9. The highest BCUT2D eigenvalue weighted by Crippen LogP contribution is 2.31. The van der Waals surface area contributed by atoms with Gasteiger partial charge in [-0.3, -0.25) is 19.6 Å². The Morgan fingerprint density at radius 3 is 1.54 bits per heavy atom. The lowest BCUT2D eigenvalue weighted by molar-refractivity contribution is -0.121. The first-order valence-electron chi connectivity index (χ1n) is 18.4. The molecular formula is C42H33Cl4F7N8O2. The Morgan fingerprint density at radius 1 is 0.587 bits per heavy atom. The van der Waals surface area contributed by atoms with Gasteiger partial charge in [0, 0.05) is 52.9 Å². The molecule has 21 heteroatoms. The van der Waals surface area contributed by atoms with Gasteiger partial charge >= 0.3 is 11.8 Å². The summed E-state index contributed by atoms with van der Waals surface area (Å²) < 4.78 is 101. The lowest BCUT2D eigenvalue weighted by Gasteiger charge is -2.18. The van der Waals surface area contributed by atoms with Crippen LogP contribution in [-0.4, -0.2) is 44.8 Å². The number of nitrogens with zero attached hydrogens (tertiary/aromatic N) is 4. The van der Waals surface area contributed by atoms with E-state index in [0.29, 0.717) is 15.6 Å². The molecule has 2 aromatic carbocycles. The Hall–Kier alpha value is -5.75. The molecule has 0 saturated heterocycles. The van der Waals surface area contributed by atoms with E-state index in [4.69, 9.17) is 46.4 Å². The molecular weight excluding hydrogens is 923 g/mol. The van der Waals surface area contributed by atoms with E-state index in [0.717, 1.165) is 17.8 Å². The molecule has 2 amide bonds. The van der Waals surface area contributed by atoms with Gasteiger partial charge in [-0.15, -0.1) is 0 Å². The number of pyridine rings is 4. The van der Waals surface area contributed by atoms with Gasteiger partial charge in [-0.2, -0.15) is 26.9 Å². The second kappa shape index (κ2) is 22.0. The second-order valence-electron chi connectivity index (χ2n) is 13.3. The highest BCUT2D eigenvalue weighted by atomic mass is 35.5. The molecule has 0 atom stereocenters. The van der Waals surface area contributed by atoms with Gasteiger partial charge in [0.1, 0.15) is 16.4 Å². The molecule has 4 N–H and O–H groups in total. The molecule has 0 radical (unpaired) electrons. The fourth-order valence-corrected chi connectivity index (χ4v) is 6.31. The number of amides is 2. The smallest absolute Gasteiger partial charge is 0.306 e. The van der Waals surface area contributed by atoms with E-state index in [9.17, 15) is 40.3 Å². The number of aromatic nitrogens is 4. The third-order valence-electron chi connectivity index (χ3n) is 8.66. The normalized spacial score (nSPS) is 11.3. The van der Waals surface area contributed by atoms with Crippen LogP contribution in [0.4, 0.5) is 42.4 Å². The molecule has 4 heterocycles. The molecule has 0 aliphatic carbocycles. The highest BCUT2D eigenvalue weighted by molar-refractivity contribution is 6.32. The van der Waals surface area contributed by atoms with Crippen LogP contribution in [0.2, 0.25) is 20.1 Å². The number of hydrogen-bond donors (Lipinski definition) is 4. The maximum absolute atomic E-state index is 14.8. The summed E-state index contributed by atoms with van der Waals surface area (Å²) in [4.78, 5) is 38.7. The highest BCUT2D eigenvalue weighted by Gasteiger charge is 2.35. The van der Waals surface area contributed by atoms with Crippen molar-refractivity contribution < 1.29 is 40.3 Å². The van der Waals surface area contributed by atoms with Crippen molar-refractivity contribution in [1.29, 1.82) is 0 Å². The molecule has 6 rings (SSSR count). The first kappa shape index (κ1) is 48.3. The Bertz CT molecular complexity index is 2530. The molecule has 0 saturated carbocycles. The van der Waals surface area contributed by atoms with Crippen LogP contribution >= 0.6 is 46.4 Å². The van der Waals surface area contributed by atoms with Crippen molar-refractivity contribution in [2.75, 3.05) is 23.7 Å². The van der Waals surface area contributed by atoms with E-state index in [1.807, 2.05) is 0 Å². The molecule has 0 aliphatic heterocycles. The van der Waals surface area contributed by atoms with Crippen LogP contribution in [0.3, 0.4) is 0 Å². The number of alkyl halides is 4. The van der Waals surface area contributed by atoms with Gasteiger partial charge in [0.15, 0.2) is 23.3 Å². The third kappa shape index (κ3) is 13.9. The molecule has 4 aromatic heterocycles.